The minimum absolute atomic E-state index is 0. The molecule has 2 N–H and O–H groups in total. The number of pyridine rings is 2. The Bertz CT molecular complexity index is 1680. The first-order chi connectivity index (χ1) is 23.1. The summed E-state index contributed by atoms with van der Waals surface area (Å²) in [4.78, 5) is 39.0. The summed E-state index contributed by atoms with van der Waals surface area (Å²) < 4.78 is 24.1. The van der Waals surface area contributed by atoms with Gasteiger partial charge < -0.3 is 24.4 Å². The van der Waals surface area contributed by atoms with Gasteiger partial charge in [0.15, 0.2) is 11.6 Å². The molecule has 272 valence electrons. The van der Waals surface area contributed by atoms with E-state index < -0.39 is 5.97 Å². The van der Waals surface area contributed by atoms with Crippen LogP contribution >= 0.6 is 22.6 Å². The number of carbonyl (C=O) groups excluding carboxylic acids is 2. The number of halogens is 1. The van der Waals surface area contributed by atoms with Crippen molar-refractivity contribution < 1.29 is 63.6 Å². The number of aryl methyl sites for hydroxylation is 2. The van der Waals surface area contributed by atoms with E-state index in [4.69, 9.17) is 18.9 Å². The molecule has 0 amide bonds. The van der Waals surface area contributed by atoms with Gasteiger partial charge in [-0.05, 0) is 85.5 Å². The van der Waals surface area contributed by atoms with E-state index in [0.717, 1.165) is 28.3 Å². The van der Waals surface area contributed by atoms with Gasteiger partial charge in [0.25, 0.3) is 0 Å². The predicted octanol–water partition coefficient (Wildman–Crippen LogP) is 3.53. The van der Waals surface area contributed by atoms with Crippen LogP contribution in [0.15, 0.2) is 53.2 Å². The van der Waals surface area contributed by atoms with E-state index in [0.29, 0.717) is 17.6 Å². The molecule has 17 heteroatoms. The van der Waals surface area contributed by atoms with Gasteiger partial charge in [-0.3, -0.25) is 5.10 Å². The predicted molar refractivity (Wildman–Crippen MR) is 197 cm³/mol. The van der Waals surface area contributed by atoms with Crippen LogP contribution < -0.4 is 39.0 Å². The molecule has 0 bridgehead atoms. The van der Waals surface area contributed by atoms with Gasteiger partial charge in [0.05, 0.1) is 24.4 Å². The van der Waals surface area contributed by atoms with E-state index in [-0.39, 0.29) is 65.4 Å². The molecule has 4 aromatic rings. The average molecular weight is 829 g/mol. The summed E-state index contributed by atoms with van der Waals surface area (Å²) in [5, 5.41) is 11.0. The summed E-state index contributed by atoms with van der Waals surface area (Å²) in [7, 11) is 0. The Morgan fingerprint density at radius 3 is 1.75 bits per heavy atom. The van der Waals surface area contributed by atoms with Crippen LogP contribution in [0.1, 0.15) is 66.8 Å². The molecular weight excluding hydrogens is 782 g/mol. The molecule has 0 radical (unpaired) electrons. The van der Waals surface area contributed by atoms with Crippen molar-refractivity contribution >= 4 is 40.7 Å². The monoisotopic (exact) mass is 828 g/mol. The molecule has 4 rings (SSSR count). The van der Waals surface area contributed by atoms with Crippen molar-refractivity contribution in [3.8, 4) is 34.5 Å². The molecule has 0 aliphatic carbocycles. The molecule has 0 aliphatic rings. The van der Waals surface area contributed by atoms with Crippen molar-refractivity contribution in [1.29, 1.82) is 0 Å². The first kappa shape index (κ1) is 47.3. The SMILES string of the molecule is CC(C)OC(=O)/C=C\I.Cc1cc(-c2ncn(/C=C\C(=O)OC(C)C)n2)cc(OC(C)C)n1.Cc1cc(-c2ncn[nH]2)cc(OC(C)C)n1.[Na+].[OH-]. The van der Waals surface area contributed by atoms with Crippen LogP contribution in [0, 0.1) is 13.8 Å². The van der Waals surface area contributed by atoms with E-state index >= 15 is 0 Å². The zero-order valence-electron chi connectivity index (χ0n) is 31.0. The first-order valence-electron chi connectivity index (χ1n) is 15.6. The third-order valence-corrected chi connectivity index (χ3v) is 5.65. The second-order valence-electron chi connectivity index (χ2n) is 11.5. The van der Waals surface area contributed by atoms with Gasteiger partial charge in [-0.15, -0.1) is 5.10 Å². The van der Waals surface area contributed by atoms with Crippen LogP contribution in [-0.2, 0) is 19.1 Å². The van der Waals surface area contributed by atoms with Gasteiger partial charge in [0.2, 0.25) is 11.8 Å². The Kier molecular flexibility index (Phi) is 22.7. The van der Waals surface area contributed by atoms with Crippen LogP contribution in [0.4, 0.5) is 0 Å². The molecule has 0 aromatic carbocycles. The molecule has 0 atom stereocenters. The van der Waals surface area contributed by atoms with Crippen molar-refractivity contribution in [2.45, 2.75) is 93.7 Å². The van der Waals surface area contributed by atoms with Gasteiger partial charge in [-0.25, -0.2) is 34.2 Å². The van der Waals surface area contributed by atoms with Crippen LogP contribution in [0.3, 0.4) is 0 Å². The zero-order chi connectivity index (χ0) is 36.5. The van der Waals surface area contributed by atoms with Crippen LogP contribution in [-0.4, -0.2) is 81.7 Å². The Labute approximate surface area is 334 Å². The number of esters is 2. The third-order valence-electron chi connectivity index (χ3n) is 5.29. The van der Waals surface area contributed by atoms with E-state index in [1.165, 1.54) is 35.7 Å². The largest absolute Gasteiger partial charge is 1.00 e. The van der Waals surface area contributed by atoms with E-state index in [1.807, 2.05) is 96.2 Å². The Balaban J connectivity index is 0.000000801. The summed E-state index contributed by atoms with van der Waals surface area (Å²) in [6, 6.07) is 7.47. The number of nitrogens with zero attached hydrogens (tertiary/aromatic N) is 7. The smallest absolute Gasteiger partial charge is 0.870 e. The molecular formula is C34H46IN8NaO7. The maximum atomic E-state index is 11.5. The molecule has 0 unspecified atom stereocenters. The topological polar surface area (TPSA) is 199 Å². The summed E-state index contributed by atoms with van der Waals surface area (Å²) in [6.45, 7) is 18.9. The van der Waals surface area contributed by atoms with E-state index in [1.54, 1.807) is 24.0 Å². The molecule has 51 heavy (non-hydrogen) atoms. The van der Waals surface area contributed by atoms with Crippen molar-refractivity contribution in [1.82, 2.24) is 39.9 Å². The maximum absolute atomic E-state index is 11.5. The number of H-pyrrole nitrogens is 1. The number of hydrogen-bond donors (Lipinski definition) is 1. The molecule has 0 spiro atoms. The minimum atomic E-state index is -0.422. The van der Waals surface area contributed by atoms with Crippen molar-refractivity contribution in [2.24, 2.45) is 0 Å². The second kappa shape index (κ2) is 24.5. The average Bonchev–Trinajstić information content (AvgIpc) is 3.68. The standard InChI is InChI=1S/C17H22N4O3.C11H14N4O.C6H9IO2.Na.H2O/c1-11(2)23-15-9-14(8-13(5)19-15)17-18-10-21(20-17)7-6-16(22)24-12(3)4;1-7(2)16-10-5-9(4-8(3)14-10)11-12-6-13-15-11;1-5(2)9-6(8)3-4-7;;/h6-12H,1-5H3;4-7H,1-3H3,(H,12,13,15);3-5H,1-2H3;;1H2/q;;;+1;/p-1/b7-6-;;4-3-;;. The third kappa shape index (κ3) is 19.5. The van der Waals surface area contributed by atoms with Gasteiger partial charge in [-0.2, -0.15) is 5.10 Å². The van der Waals surface area contributed by atoms with Gasteiger partial charge >= 0.3 is 41.5 Å². The first-order valence-corrected chi connectivity index (χ1v) is 16.8. The van der Waals surface area contributed by atoms with Crippen LogP contribution in [0.25, 0.3) is 29.0 Å². The molecule has 0 fully saturated rings. The molecule has 0 aliphatic heterocycles. The van der Waals surface area contributed by atoms with Crippen molar-refractivity contribution in [3.63, 3.8) is 0 Å². The molecule has 4 heterocycles. The fourth-order valence-corrected chi connectivity index (χ4v) is 3.99. The Hall–Kier alpha value is -3.71. The quantitative estimate of drug-likeness (QED) is 0.0998. The molecule has 0 saturated carbocycles. The molecule has 15 nitrogen and oxygen atoms in total. The number of aromatic amines is 1. The summed E-state index contributed by atoms with van der Waals surface area (Å²) in [5.41, 5.74) is 3.44. The number of ether oxygens (including phenoxy) is 4. The summed E-state index contributed by atoms with van der Waals surface area (Å²) in [6.07, 6.45) is 7.16. The maximum Gasteiger partial charge on any atom is 1.00 e. The minimum Gasteiger partial charge on any atom is -0.870 e. The second-order valence-corrected chi connectivity index (χ2v) is 12.2. The fourth-order valence-electron chi connectivity index (χ4n) is 3.70. The normalized spacial score (nSPS) is 10.6. The van der Waals surface area contributed by atoms with Gasteiger partial charge in [0, 0.05) is 53.0 Å². The number of aromatic nitrogens is 8. The van der Waals surface area contributed by atoms with Crippen molar-refractivity contribution in [2.75, 3.05) is 0 Å². The summed E-state index contributed by atoms with van der Waals surface area (Å²) in [5.74, 6) is 1.69. The Morgan fingerprint density at radius 1 is 0.765 bits per heavy atom. The van der Waals surface area contributed by atoms with Gasteiger partial charge in [0.1, 0.15) is 12.7 Å². The van der Waals surface area contributed by atoms with E-state index in [9.17, 15) is 9.59 Å². The van der Waals surface area contributed by atoms with Crippen molar-refractivity contribution in [3.05, 3.63) is 64.5 Å². The summed E-state index contributed by atoms with van der Waals surface area (Å²) >= 11 is 1.97. The fraction of sp³-hybridized carbons (Fsp3) is 0.412. The Morgan fingerprint density at radius 2 is 1.27 bits per heavy atom. The zero-order valence-corrected chi connectivity index (χ0v) is 35.1. The molecule has 0 saturated heterocycles. The van der Waals surface area contributed by atoms with Crippen LogP contribution in [0.2, 0.25) is 0 Å². The number of nitrogens with one attached hydrogen (secondary N) is 1. The molecule has 4 aromatic heterocycles. The number of carbonyl (C=O) groups is 2. The van der Waals surface area contributed by atoms with Crippen LogP contribution in [0.5, 0.6) is 11.8 Å². The van der Waals surface area contributed by atoms with E-state index in [2.05, 4.69) is 35.2 Å². The van der Waals surface area contributed by atoms with Gasteiger partial charge in [-0.1, -0.05) is 22.6 Å². The number of rotatable bonds is 11. The number of hydrogen-bond acceptors (Lipinski definition) is 13.